The highest BCUT2D eigenvalue weighted by atomic mass is 16.6. The third-order valence-electron chi connectivity index (χ3n) is 5.47. The van der Waals surface area contributed by atoms with Crippen LogP contribution in [0.2, 0.25) is 0 Å². The van der Waals surface area contributed by atoms with Crippen LogP contribution in [-0.2, 0) is 16.0 Å². The highest BCUT2D eigenvalue weighted by Crippen LogP contribution is 2.28. The zero-order valence-corrected chi connectivity index (χ0v) is 19.3. The van der Waals surface area contributed by atoms with E-state index in [4.69, 9.17) is 9.47 Å². The maximum absolute atomic E-state index is 12.5. The van der Waals surface area contributed by atoms with E-state index in [1.807, 2.05) is 84.9 Å². The molecule has 0 aliphatic heterocycles. The van der Waals surface area contributed by atoms with Crippen molar-refractivity contribution in [1.29, 1.82) is 0 Å². The monoisotopic (exact) mass is 448 g/mol. The van der Waals surface area contributed by atoms with E-state index in [2.05, 4.69) is 36.4 Å². The molecule has 0 aliphatic carbocycles. The van der Waals surface area contributed by atoms with Crippen LogP contribution in [0.3, 0.4) is 0 Å². The van der Waals surface area contributed by atoms with Gasteiger partial charge in [-0.05, 0) is 46.9 Å². The average molecular weight is 449 g/mol. The molecule has 0 saturated heterocycles. The summed E-state index contributed by atoms with van der Waals surface area (Å²) in [5, 5.41) is 0. The second kappa shape index (κ2) is 11.7. The number of ether oxygens (including phenoxy) is 2. The predicted molar refractivity (Wildman–Crippen MR) is 138 cm³/mol. The molecule has 0 saturated carbocycles. The van der Waals surface area contributed by atoms with Crippen molar-refractivity contribution >= 4 is 18.1 Å². The van der Waals surface area contributed by atoms with Gasteiger partial charge in [0.15, 0.2) is 6.10 Å². The average Bonchev–Trinajstić information content (AvgIpc) is 2.89. The van der Waals surface area contributed by atoms with Crippen LogP contribution in [0, 0.1) is 0 Å². The first-order valence-corrected chi connectivity index (χ1v) is 11.5. The van der Waals surface area contributed by atoms with Gasteiger partial charge in [0.25, 0.3) is 0 Å². The van der Waals surface area contributed by atoms with Gasteiger partial charge < -0.3 is 9.47 Å². The third kappa shape index (κ3) is 6.23. The second-order valence-electron chi connectivity index (χ2n) is 7.90. The molecule has 0 amide bonds. The Morgan fingerprint density at radius 1 is 0.765 bits per heavy atom. The Bertz CT molecular complexity index is 1210. The summed E-state index contributed by atoms with van der Waals surface area (Å²) in [5.41, 5.74) is 5.53. The molecule has 170 valence electrons. The van der Waals surface area contributed by atoms with Gasteiger partial charge in [-0.2, -0.15) is 0 Å². The van der Waals surface area contributed by atoms with Crippen LogP contribution in [0.15, 0.2) is 109 Å². The topological polar surface area (TPSA) is 35.5 Å². The molecule has 0 spiro atoms. The van der Waals surface area contributed by atoms with Gasteiger partial charge in [-0.1, -0.05) is 109 Å². The Balaban J connectivity index is 1.52. The van der Waals surface area contributed by atoms with Gasteiger partial charge in [-0.15, -0.1) is 0 Å². The molecule has 0 N–H and O–H groups in total. The van der Waals surface area contributed by atoms with Gasteiger partial charge in [0.1, 0.15) is 5.75 Å². The number of benzene rings is 4. The molecule has 4 rings (SSSR count). The van der Waals surface area contributed by atoms with E-state index in [0.29, 0.717) is 18.8 Å². The van der Waals surface area contributed by atoms with Gasteiger partial charge in [0.05, 0.1) is 6.61 Å². The van der Waals surface area contributed by atoms with Crippen LogP contribution in [0.1, 0.15) is 23.6 Å². The van der Waals surface area contributed by atoms with Crippen molar-refractivity contribution in [3.8, 4) is 16.9 Å². The minimum atomic E-state index is -0.700. The summed E-state index contributed by atoms with van der Waals surface area (Å²) in [6, 6.07) is 36.2. The van der Waals surface area contributed by atoms with Crippen molar-refractivity contribution in [2.45, 2.75) is 19.4 Å². The molecule has 3 heteroatoms. The summed E-state index contributed by atoms with van der Waals surface area (Å²) in [4.78, 5) is 12.5. The van der Waals surface area contributed by atoms with Gasteiger partial charge >= 0.3 is 5.97 Å². The molecule has 0 heterocycles. The van der Waals surface area contributed by atoms with Crippen molar-refractivity contribution in [1.82, 2.24) is 0 Å². The Kier molecular flexibility index (Phi) is 7.91. The molecule has 4 aromatic carbocycles. The fourth-order valence-corrected chi connectivity index (χ4v) is 3.77. The summed E-state index contributed by atoms with van der Waals surface area (Å²) in [6.07, 6.45) is 4.00. The maximum Gasteiger partial charge on any atom is 0.347 e. The largest absolute Gasteiger partial charge is 0.478 e. The van der Waals surface area contributed by atoms with Crippen LogP contribution in [-0.4, -0.2) is 18.7 Å². The minimum Gasteiger partial charge on any atom is -0.478 e. The summed E-state index contributed by atoms with van der Waals surface area (Å²) >= 11 is 0. The molecule has 1 atom stereocenters. The van der Waals surface area contributed by atoms with Crippen LogP contribution in [0.4, 0.5) is 0 Å². The minimum absolute atomic E-state index is 0.319. The SMILES string of the molecule is CCOC(=O)C(Cc1ccccc1)Oc1ccc(-c2ccccc2/C=C/c2ccccc2)cc1. The number of carbonyl (C=O) groups is 1. The molecule has 3 nitrogen and oxygen atoms in total. The number of hydrogen-bond donors (Lipinski definition) is 0. The Morgan fingerprint density at radius 2 is 1.41 bits per heavy atom. The Hall–Kier alpha value is -4.11. The molecular weight excluding hydrogens is 420 g/mol. The molecule has 4 aromatic rings. The van der Waals surface area contributed by atoms with Gasteiger partial charge in [-0.25, -0.2) is 4.79 Å². The number of hydrogen-bond acceptors (Lipinski definition) is 3. The van der Waals surface area contributed by atoms with E-state index in [9.17, 15) is 4.79 Å². The third-order valence-corrected chi connectivity index (χ3v) is 5.47. The lowest BCUT2D eigenvalue weighted by Crippen LogP contribution is -2.31. The first-order valence-electron chi connectivity index (χ1n) is 11.5. The van der Waals surface area contributed by atoms with Crippen LogP contribution >= 0.6 is 0 Å². The molecule has 0 fully saturated rings. The van der Waals surface area contributed by atoms with Gasteiger partial charge in [-0.3, -0.25) is 0 Å². The lowest BCUT2D eigenvalue weighted by atomic mass is 9.99. The quantitative estimate of drug-likeness (QED) is 0.203. The standard InChI is InChI=1S/C31H28O3/c1-2-33-31(32)30(23-25-13-7-4-8-14-25)34-28-21-19-27(20-22-28)29-16-10-9-15-26(29)18-17-24-11-5-3-6-12-24/h3-22,30H,2,23H2,1H3/b18-17+. The molecule has 0 radical (unpaired) electrons. The lowest BCUT2D eigenvalue weighted by Gasteiger charge is -2.18. The lowest BCUT2D eigenvalue weighted by molar-refractivity contribution is -0.151. The van der Waals surface area contributed by atoms with Crippen molar-refractivity contribution in [3.63, 3.8) is 0 Å². The summed E-state index contributed by atoms with van der Waals surface area (Å²) < 4.78 is 11.3. The van der Waals surface area contributed by atoms with Crippen molar-refractivity contribution < 1.29 is 14.3 Å². The molecule has 0 aromatic heterocycles. The summed E-state index contributed by atoms with van der Waals surface area (Å²) in [7, 11) is 0. The van der Waals surface area contributed by atoms with Gasteiger partial charge in [0, 0.05) is 6.42 Å². The highest BCUT2D eigenvalue weighted by Gasteiger charge is 2.22. The molecule has 34 heavy (non-hydrogen) atoms. The van der Waals surface area contributed by atoms with Crippen LogP contribution in [0.5, 0.6) is 5.75 Å². The molecule has 0 aliphatic rings. The van der Waals surface area contributed by atoms with Crippen LogP contribution < -0.4 is 4.74 Å². The zero-order valence-electron chi connectivity index (χ0n) is 19.3. The van der Waals surface area contributed by atoms with E-state index in [1.54, 1.807) is 6.92 Å². The highest BCUT2D eigenvalue weighted by molar-refractivity contribution is 5.81. The van der Waals surface area contributed by atoms with Crippen molar-refractivity contribution in [2.75, 3.05) is 6.61 Å². The smallest absolute Gasteiger partial charge is 0.347 e. The van der Waals surface area contributed by atoms with Gasteiger partial charge in [0.2, 0.25) is 0 Å². The second-order valence-corrected chi connectivity index (χ2v) is 7.90. The first kappa shape index (κ1) is 23.1. The van der Waals surface area contributed by atoms with Crippen LogP contribution in [0.25, 0.3) is 23.3 Å². The molecule has 0 bridgehead atoms. The Morgan fingerprint density at radius 3 is 2.12 bits per heavy atom. The number of esters is 1. The van der Waals surface area contributed by atoms with Crippen molar-refractivity contribution in [3.05, 3.63) is 126 Å². The number of rotatable bonds is 9. The van der Waals surface area contributed by atoms with E-state index in [1.165, 1.54) is 0 Å². The number of carbonyl (C=O) groups excluding carboxylic acids is 1. The first-order chi connectivity index (χ1) is 16.7. The zero-order chi connectivity index (χ0) is 23.6. The normalized spacial score (nSPS) is 11.8. The summed E-state index contributed by atoms with van der Waals surface area (Å²) in [6.45, 7) is 2.12. The fraction of sp³-hybridized carbons (Fsp3) is 0.129. The summed E-state index contributed by atoms with van der Waals surface area (Å²) in [5.74, 6) is 0.280. The van der Waals surface area contributed by atoms with E-state index >= 15 is 0 Å². The Labute approximate surface area is 201 Å². The van der Waals surface area contributed by atoms with E-state index in [-0.39, 0.29) is 5.97 Å². The molecule has 1 unspecified atom stereocenters. The van der Waals surface area contributed by atoms with E-state index in [0.717, 1.165) is 27.8 Å². The predicted octanol–water partition coefficient (Wildman–Crippen LogP) is 7.08. The van der Waals surface area contributed by atoms with E-state index < -0.39 is 6.10 Å². The fourth-order valence-electron chi connectivity index (χ4n) is 3.77. The molecular formula is C31H28O3. The van der Waals surface area contributed by atoms with Crippen molar-refractivity contribution in [2.24, 2.45) is 0 Å². The maximum atomic E-state index is 12.5.